The molecule has 0 amide bonds. The van der Waals surface area contributed by atoms with Crippen LogP contribution in [0.15, 0.2) is 36.4 Å². The molecule has 2 rings (SSSR count). The standard InChI is InChI=1S/C14H9ClN2O3/c1-9-6-11(3-4-13(9)17(18)19)20-14-5-2-10(8-16)7-12(14)15/h2-7H,1H3. The Balaban J connectivity index is 2.29. The van der Waals surface area contributed by atoms with Gasteiger partial charge in [-0.15, -0.1) is 0 Å². The van der Waals surface area contributed by atoms with Crippen molar-refractivity contribution in [3.05, 3.63) is 62.7 Å². The van der Waals surface area contributed by atoms with E-state index < -0.39 is 4.92 Å². The second-order valence-electron chi connectivity index (χ2n) is 4.06. The summed E-state index contributed by atoms with van der Waals surface area (Å²) in [6.07, 6.45) is 0. The summed E-state index contributed by atoms with van der Waals surface area (Å²) < 4.78 is 5.56. The highest BCUT2D eigenvalue weighted by atomic mass is 35.5. The van der Waals surface area contributed by atoms with E-state index in [1.54, 1.807) is 25.1 Å². The third kappa shape index (κ3) is 2.87. The van der Waals surface area contributed by atoms with Crippen molar-refractivity contribution in [2.75, 3.05) is 0 Å². The molecule has 0 aliphatic carbocycles. The Kier molecular flexibility index (Phi) is 3.87. The molecule has 0 aromatic heterocycles. The molecule has 20 heavy (non-hydrogen) atoms. The van der Waals surface area contributed by atoms with Crippen LogP contribution in [-0.2, 0) is 0 Å². The van der Waals surface area contributed by atoms with Gasteiger partial charge in [0.1, 0.15) is 11.5 Å². The molecule has 0 radical (unpaired) electrons. The molecule has 100 valence electrons. The lowest BCUT2D eigenvalue weighted by molar-refractivity contribution is -0.385. The molecule has 6 heteroatoms. The van der Waals surface area contributed by atoms with E-state index in [4.69, 9.17) is 21.6 Å². The molecular weight excluding hydrogens is 280 g/mol. The number of hydrogen-bond acceptors (Lipinski definition) is 4. The molecule has 0 N–H and O–H groups in total. The first kappa shape index (κ1) is 13.8. The van der Waals surface area contributed by atoms with Crippen LogP contribution in [0.5, 0.6) is 11.5 Å². The SMILES string of the molecule is Cc1cc(Oc2ccc(C#N)cc2Cl)ccc1[N+](=O)[O-]. The number of halogens is 1. The zero-order valence-corrected chi connectivity index (χ0v) is 11.2. The maximum Gasteiger partial charge on any atom is 0.272 e. The quantitative estimate of drug-likeness (QED) is 0.626. The molecule has 0 spiro atoms. The number of ether oxygens (including phenoxy) is 1. The number of rotatable bonds is 3. The number of nitriles is 1. The molecule has 0 bridgehead atoms. The van der Waals surface area contributed by atoms with Gasteiger partial charge in [-0.3, -0.25) is 10.1 Å². The van der Waals surface area contributed by atoms with Crippen LogP contribution < -0.4 is 4.74 Å². The first-order valence-electron chi connectivity index (χ1n) is 5.64. The normalized spacial score (nSPS) is 9.85. The molecule has 0 heterocycles. The molecule has 0 aliphatic rings. The molecule has 2 aromatic carbocycles. The molecule has 0 atom stereocenters. The van der Waals surface area contributed by atoms with Crippen LogP contribution in [0.25, 0.3) is 0 Å². The molecule has 0 fully saturated rings. The second kappa shape index (κ2) is 5.59. The molecule has 0 saturated heterocycles. The Labute approximate surface area is 120 Å². The van der Waals surface area contributed by atoms with Gasteiger partial charge in [-0.1, -0.05) is 11.6 Å². The Hall–Kier alpha value is -2.58. The van der Waals surface area contributed by atoms with Gasteiger partial charge in [-0.05, 0) is 37.3 Å². The monoisotopic (exact) mass is 288 g/mol. The first-order chi connectivity index (χ1) is 9.51. The van der Waals surface area contributed by atoms with Crippen LogP contribution >= 0.6 is 11.6 Å². The van der Waals surface area contributed by atoms with Crippen LogP contribution in [0.2, 0.25) is 5.02 Å². The minimum atomic E-state index is -0.451. The fourth-order valence-corrected chi connectivity index (χ4v) is 1.90. The van der Waals surface area contributed by atoms with Gasteiger partial charge in [0.15, 0.2) is 0 Å². The Morgan fingerprint density at radius 1 is 1.30 bits per heavy atom. The predicted molar refractivity (Wildman–Crippen MR) is 74.1 cm³/mol. The van der Waals surface area contributed by atoms with Crippen molar-refractivity contribution in [1.82, 2.24) is 0 Å². The van der Waals surface area contributed by atoms with Gasteiger partial charge in [0.2, 0.25) is 0 Å². The average Bonchev–Trinajstić information content (AvgIpc) is 2.40. The van der Waals surface area contributed by atoms with E-state index >= 15 is 0 Å². The van der Waals surface area contributed by atoms with Crippen LogP contribution in [0.3, 0.4) is 0 Å². The number of hydrogen-bond donors (Lipinski definition) is 0. The van der Waals surface area contributed by atoms with E-state index in [0.29, 0.717) is 27.6 Å². The summed E-state index contributed by atoms with van der Waals surface area (Å²) in [6.45, 7) is 1.63. The van der Waals surface area contributed by atoms with E-state index in [0.717, 1.165) is 0 Å². The second-order valence-corrected chi connectivity index (χ2v) is 4.47. The fraction of sp³-hybridized carbons (Fsp3) is 0.0714. The maximum atomic E-state index is 10.7. The first-order valence-corrected chi connectivity index (χ1v) is 6.01. The van der Waals surface area contributed by atoms with Crippen LogP contribution in [-0.4, -0.2) is 4.92 Å². The minimum Gasteiger partial charge on any atom is -0.456 e. The van der Waals surface area contributed by atoms with E-state index in [1.165, 1.54) is 18.2 Å². The van der Waals surface area contributed by atoms with Gasteiger partial charge in [0, 0.05) is 11.6 Å². The van der Waals surface area contributed by atoms with E-state index in [-0.39, 0.29) is 5.69 Å². The van der Waals surface area contributed by atoms with Crippen molar-refractivity contribution in [2.24, 2.45) is 0 Å². The largest absolute Gasteiger partial charge is 0.456 e. The van der Waals surface area contributed by atoms with Gasteiger partial charge in [-0.2, -0.15) is 5.26 Å². The summed E-state index contributed by atoms with van der Waals surface area (Å²) in [7, 11) is 0. The van der Waals surface area contributed by atoms with Gasteiger partial charge < -0.3 is 4.74 Å². The summed E-state index contributed by atoms with van der Waals surface area (Å²) in [5.74, 6) is 0.832. The zero-order chi connectivity index (χ0) is 14.7. The Morgan fingerprint density at radius 3 is 2.60 bits per heavy atom. The Bertz CT molecular complexity index is 723. The Morgan fingerprint density at radius 2 is 2.05 bits per heavy atom. The number of nitrogens with zero attached hydrogens (tertiary/aromatic N) is 2. The molecule has 0 aliphatic heterocycles. The topological polar surface area (TPSA) is 76.2 Å². The van der Waals surface area contributed by atoms with Gasteiger partial charge in [0.05, 0.1) is 21.6 Å². The van der Waals surface area contributed by atoms with Crippen LogP contribution in [0.4, 0.5) is 5.69 Å². The summed E-state index contributed by atoms with van der Waals surface area (Å²) in [5.41, 5.74) is 0.961. The number of aryl methyl sites for hydroxylation is 1. The highest BCUT2D eigenvalue weighted by Crippen LogP contribution is 2.32. The predicted octanol–water partition coefficient (Wildman–Crippen LogP) is 4.22. The molecule has 5 nitrogen and oxygen atoms in total. The number of benzene rings is 2. The third-order valence-electron chi connectivity index (χ3n) is 2.65. The van der Waals surface area contributed by atoms with Crippen molar-refractivity contribution in [3.8, 4) is 17.6 Å². The van der Waals surface area contributed by atoms with Crippen molar-refractivity contribution in [3.63, 3.8) is 0 Å². The van der Waals surface area contributed by atoms with Gasteiger partial charge in [-0.25, -0.2) is 0 Å². The highest BCUT2D eigenvalue weighted by Gasteiger charge is 2.12. The van der Waals surface area contributed by atoms with Crippen molar-refractivity contribution < 1.29 is 9.66 Å². The molecule has 0 saturated carbocycles. The van der Waals surface area contributed by atoms with E-state index in [2.05, 4.69) is 0 Å². The number of nitro groups is 1. The van der Waals surface area contributed by atoms with Crippen molar-refractivity contribution in [1.29, 1.82) is 5.26 Å². The highest BCUT2D eigenvalue weighted by molar-refractivity contribution is 6.32. The molecule has 0 unspecified atom stereocenters. The number of nitro benzene ring substituents is 1. The summed E-state index contributed by atoms with van der Waals surface area (Å²) >= 11 is 6.00. The maximum absolute atomic E-state index is 10.7. The lowest BCUT2D eigenvalue weighted by Gasteiger charge is -2.08. The van der Waals surface area contributed by atoms with Gasteiger partial charge >= 0.3 is 0 Å². The smallest absolute Gasteiger partial charge is 0.272 e. The van der Waals surface area contributed by atoms with Crippen LogP contribution in [0, 0.1) is 28.4 Å². The minimum absolute atomic E-state index is 0.0308. The summed E-state index contributed by atoms with van der Waals surface area (Å²) in [5, 5.41) is 19.8. The summed E-state index contributed by atoms with van der Waals surface area (Å²) in [6, 6.07) is 11.1. The van der Waals surface area contributed by atoms with Gasteiger partial charge in [0.25, 0.3) is 5.69 Å². The van der Waals surface area contributed by atoms with Crippen molar-refractivity contribution >= 4 is 17.3 Å². The lowest BCUT2D eigenvalue weighted by Crippen LogP contribution is -1.93. The lowest BCUT2D eigenvalue weighted by atomic mass is 10.2. The summed E-state index contributed by atoms with van der Waals surface area (Å²) in [4.78, 5) is 10.3. The molecular formula is C14H9ClN2O3. The van der Waals surface area contributed by atoms with Crippen molar-refractivity contribution in [2.45, 2.75) is 6.92 Å². The average molecular weight is 289 g/mol. The third-order valence-corrected chi connectivity index (χ3v) is 2.95. The molecule has 2 aromatic rings. The van der Waals surface area contributed by atoms with E-state index in [1.807, 2.05) is 6.07 Å². The zero-order valence-electron chi connectivity index (χ0n) is 10.5. The fourth-order valence-electron chi connectivity index (χ4n) is 1.68. The van der Waals surface area contributed by atoms with Crippen LogP contribution in [0.1, 0.15) is 11.1 Å². The van der Waals surface area contributed by atoms with E-state index in [9.17, 15) is 10.1 Å².